The Bertz CT molecular complexity index is 996. The second kappa shape index (κ2) is 8.81. The lowest BCUT2D eigenvalue weighted by Crippen LogP contribution is -2.50. The number of hydrogen-bond donors (Lipinski definition) is 0. The number of rotatable bonds is 6. The number of benzene rings is 1. The summed E-state index contributed by atoms with van der Waals surface area (Å²) in [7, 11) is 1.61. The van der Waals surface area contributed by atoms with Crippen LogP contribution in [0.2, 0.25) is 0 Å². The quantitative estimate of drug-likeness (QED) is 0.614. The van der Waals surface area contributed by atoms with Crippen molar-refractivity contribution in [3.05, 3.63) is 54.9 Å². The number of hydrogen-bond acceptors (Lipinski definition) is 7. The highest BCUT2D eigenvalue weighted by Crippen LogP contribution is 2.18. The van der Waals surface area contributed by atoms with E-state index in [2.05, 4.69) is 19.9 Å². The zero-order chi connectivity index (χ0) is 20.9. The molecule has 9 heteroatoms. The van der Waals surface area contributed by atoms with Crippen LogP contribution in [0.5, 0.6) is 11.5 Å². The molecule has 1 saturated heterocycles. The van der Waals surface area contributed by atoms with Crippen LogP contribution in [0.25, 0.3) is 5.82 Å². The van der Waals surface area contributed by atoms with Crippen molar-refractivity contribution in [2.45, 2.75) is 6.92 Å². The number of carbonyl (C=O) groups is 1. The van der Waals surface area contributed by atoms with E-state index in [9.17, 15) is 4.79 Å². The van der Waals surface area contributed by atoms with E-state index < -0.39 is 0 Å². The molecule has 4 rings (SSSR count). The third-order valence-electron chi connectivity index (χ3n) is 5.09. The van der Waals surface area contributed by atoms with Crippen molar-refractivity contribution in [1.82, 2.24) is 24.4 Å². The fourth-order valence-electron chi connectivity index (χ4n) is 3.36. The number of methoxy groups -OCH3 is 1. The summed E-state index contributed by atoms with van der Waals surface area (Å²) in [6.45, 7) is 4.59. The predicted molar refractivity (Wildman–Crippen MR) is 111 cm³/mol. The Labute approximate surface area is 174 Å². The van der Waals surface area contributed by atoms with Gasteiger partial charge in [0.1, 0.15) is 35.3 Å². The molecule has 3 heterocycles. The number of aryl methyl sites for hydroxylation is 1. The highest BCUT2D eigenvalue weighted by molar-refractivity contribution is 5.78. The molecule has 0 spiro atoms. The fourth-order valence-corrected chi connectivity index (χ4v) is 3.36. The van der Waals surface area contributed by atoms with Crippen molar-refractivity contribution < 1.29 is 14.3 Å². The third-order valence-corrected chi connectivity index (χ3v) is 5.09. The second-order valence-electron chi connectivity index (χ2n) is 6.91. The summed E-state index contributed by atoms with van der Waals surface area (Å²) in [5.74, 6) is 3.86. The molecule has 0 aliphatic carbocycles. The number of nitrogens with zero attached hydrogens (tertiary/aromatic N) is 6. The standard InChI is InChI=1S/C21H24N6O3/c1-16-22-7-8-27(16)20-13-19(23-15-24-20)25-9-11-26(12-10-25)21(28)14-30-18-5-3-17(29-2)4-6-18/h3-8,13,15H,9-12,14H2,1-2H3. The van der Waals surface area contributed by atoms with Crippen molar-refractivity contribution >= 4 is 11.7 Å². The normalized spacial score (nSPS) is 13.9. The number of amides is 1. The Morgan fingerprint density at radius 1 is 1.00 bits per heavy atom. The summed E-state index contributed by atoms with van der Waals surface area (Å²) < 4.78 is 12.7. The molecule has 0 radical (unpaired) electrons. The molecule has 156 valence electrons. The van der Waals surface area contributed by atoms with E-state index in [0.717, 1.165) is 23.2 Å². The molecule has 30 heavy (non-hydrogen) atoms. The molecular weight excluding hydrogens is 384 g/mol. The van der Waals surface area contributed by atoms with Crippen molar-refractivity contribution in [2.24, 2.45) is 0 Å². The molecule has 0 bridgehead atoms. The first-order chi connectivity index (χ1) is 14.6. The average Bonchev–Trinajstić information content (AvgIpc) is 3.24. The summed E-state index contributed by atoms with van der Waals surface area (Å²) in [6.07, 6.45) is 5.18. The molecule has 0 N–H and O–H groups in total. The Morgan fingerprint density at radius 3 is 2.37 bits per heavy atom. The van der Waals surface area contributed by atoms with E-state index in [0.29, 0.717) is 31.9 Å². The molecule has 2 aromatic heterocycles. The lowest BCUT2D eigenvalue weighted by atomic mass is 10.3. The number of anilines is 1. The number of aromatic nitrogens is 4. The van der Waals surface area contributed by atoms with Crippen LogP contribution < -0.4 is 14.4 Å². The molecule has 1 aliphatic heterocycles. The van der Waals surface area contributed by atoms with E-state index in [1.54, 1.807) is 43.9 Å². The van der Waals surface area contributed by atoms with E-state index in [1.807, 2.05) is 28.7 Å². The zero-order valence-electron chi connectivity index (χ0n) is 17.1. The van der Waals surface area contributed by atoms with E-state index >= 15 is 0 Å². The fraction of sp³-hybridized carbons (Fsp3) is 0.333. The highest BCUT2D eigenvalue weighted by Gasteiger charge is 2.22. The maximum atomic E-state index is 12.5. The molecular formula is C21H24N6O3. The maximum absolute atomic E-state index is 12.5. The minimum Gasteiger partial charge on any atom is -0.497 e. The number of ether oxygens (including phenoxy) is 2. The van der Waals surface area contributed by atoms with Gasteiger partial charge in [-0.3, -0.25) is 9.36 Å². The van der Waals surface area contributed by atoms with Gasteiger partial charge in [-0.05, 0) is 31.2 Å². The van der Waals surface area contributed by atoms with Gasteiger partial charge in [0.25, 0.3) is 5.91 Å². The van der Waals surface area contributed by atoms with Crippen LogP contribution in [0.1, 0.15) is 5.82 Å². The van der Waals surface area contributed by atoms with Crippen LogP contribution in [0.15, 0.2) is 49.1 Å². The largest absolute Gasteiger partial charge is 0.497 e. The maximum Gasteiger partial charge on any atom is 0.260 e. The summed E-state index contributed by atoms with van der Waals surface area (Å²) >= 11 is 0. The van der Waals surface area contributed by atoms with Crippen molar-refractivity contribution in [3.8, 4) is 17.3 Å². The molecule has 0 saturated carbocycles. The summed E-state index contributed by atoms with van der Waals surface area (Å²) in [4.78, 5) is 29.5. The average molecular weight is 408 g/mol. The number of piperazine rings is 1. The summed E-state index contributed by atoms with van der Waals surface area (Å²) in [5.41, 5.74) is 0. The Hall–Kier alpha value is -3.62. The topological polar surface area (TPSA) is 85.6 Å². The summed E-state index contributed by atoms with van der Waals surface area (Å²) in [6, 6.07) is 9.14. The Morgan fingerprint density at radius 2 is 1.70 bits per heavy atom. The van der Waals surface area contributed by atoms with E-state index in [4.69, 9.17) is 9.47 Å². The second-order valence-corrected chi connectivity index (χ2v) is 6.91. The van der Waals surface area contributed by atoms with Crippen LogP contribution >= 0.6 is 0 Å². The Balaban J connectivity index is 1.31. The van der Waals surface area contributed by atoms with Crippen LogP contribution in [0.4, 0.5) is 5.82 Å². The van der Waals surface area contributed by atoms with E-state index in [1.165, 1.54) is 0 Å². The smallest absolute Gasteiger partial charge is 0.260 e. The van der Waals surface area contributed by atoms with Crippen LogP contribution in [0, 0.1) is 6.92 Å². The van der Waals surface area contributed by atoms with Crippen LogP contribution in [0.3, 0.4) is 0 Å². The van der Waals surface area contributed by atoms with Gasteiger partial charge in [-0.1, -0.05) is 0 Å². The first-order valence-electron chi connectivity index (χ1n) is 9.76. The molecule has 0 atom stereocenters. The first-order valence-corrected chi connectivity index (χ1v) is 9.76. The van der Waals surface area contributed by atoms with Gasteiger partial charge in [-0.25, -0.2) is 15.0 Å². The van der Waals surface area contributed by atoms with Gasteiger partial charge in [0, 0.05) is 44.6 Å². The van der Waals surface area contributed by atoms with E-state index in [-0.39, 0.29) is 12.5 Å². The molecule has 9 nitrogen and oxygen atoms in total. The van der Waals surface area contributed by atoms with Crippen molar-refractivity contribution in [2.75, 3.05) is 44.8 Å². The molecule has 1 aromatic carbocycles. The number of imidazole rings is 1. The molecule has 3 aromatic rings. The van der Waals surface area contributed by atoms with Crippen LogP contribution in [-0.4, -0.2) is 70.2 Å². The molecule has 1 fully saturated rings. The molecule has 0 unspecified atom stereocenters. The number of carbonyl (C=O) groups excluding carboxylic acids is 1. The van der Waals surface area contributed by atoms with Gasteiger partial charge in [0.15, 0.2) is 6.61 Å². The highest BCUT2D eigenvalue weighted by atomic mass is 16.5. The summed E-state index contributed by atoms with van der Waals surface area (Å²) in [5, 5.41) is 0. The van der Waals surface area contributed by atoms with Gasteiger partial charge in [-0.15, -0.1) is 0 Å². The lowest BCUT2D eigenvalue weighted by molar-refractivity contribution is -0.133. The SMILES string of the molecule is COc1ccc(OCC(=O)N2CCN(c3cc(-n4ccnc4C)ncn3)CC2)cc1. The minimum absolute atomic E-state index is 0.0177. The van der Waals surface area contributed by atoms with Gasteiger partial charge in [-0.2, -0.15) is 0 Å². The zero-order valence-corrected chi connectivity index (χ0v) is 17.1. The van der Waals surface area contributed by atoms with Gasteiger partial charge in [0.2, 0.25) is 0 Å². The first kappa shape index (κ1) is 19.7. The van der Waals surface area contributed by atoms with Gasteiger partial charge < -0.3 is 19.3 Å². The molecule has 1 amide bonds. The van der Waals surface area contributed by atoms with Gasteiger partial charge >= 0.3 is 0 Å². The minimum atomic E-state index is -0.0251. The third kappa shape index (κ3) is 4.35. The Kier molecular flexibility index (Phi) is 5.78. The van der Waals surface area contributed by atoms with Gasteiger partial charge in [0.05, 0.1) is 7.11 Å². The van der Waals surface area contributed by atoms with Crippen LogP contribution in [-0.2, 0) is 4.79 Å². The molecule has 1 aliphatic rings. The lowest BCUT2D eigenvalue weighted by Gasteiger charge is -2.35. The monoisotopic (exact) mass is 408 g/mol. The van der Waals surface area contributed by atoms with Crippen molar-refractivity contribution in [3.63, 3.8) is 0 Å². The predicted octanol–water partition coefficient (Wildman–Crippen LogP) is 1.71. The van der Waals surface area contributed by atoms with Crippen molar-refractivity contribution in [1.29, 1.82) is 0 Å².